The molecule has 0 unspecified atom stereocenters. The second-order valence-electron chi connectivity index (χ2n) is 2.53. The zero-order valence-corrected chi connectivity index (χ0v) is 6.20. The van der Waals surface area contributed by atoms with Gasteiger partial charge in [0.25, 0.3) is 0 Å². The van der Waals surface area contributed by atoms with Crippen LogP contribution in [0, 0.1) is 0 Å². The van der Waals surface area contributed by atoms with E-state index in [9.17, 15) is 0 Å². The van der Waals surface area contributed by atoms with Gasteiger partial charge in [0, 0.05) is 12.4 Å². The van der Waals surface area contributed by atoms with Crippen LogP contribution in [0.4, 0.5) is 5.95 Å². The third-order valence-electron chi connectivity index (χ3n) is 1.36. The Morgan fingerprint density at radius 1 is 1.30 bits per heavy atom. The standard InChI is InChI=1S/C6H10BN3/c1-7(2)5-3-9-6(8)10-4-5/h3-4H,1-2H3,(H2,8,9,10). The van der Waals surface area contributed by atoms with Crippen LogP contribution in [0.1, 0.15) is 0 Å². The van der Waals surface area contributed by atoms with Gasteiger partial charge in [0.2, 0.25) is 5.95 Å². The van der Waals surface area contributed by atoms with Crippen LogP contribution >= 0.6 is 0 Å². The zero-order chi connectivity index (χ0) is 7.56. The molecule has 0 aliphatic carbocycles. The van der Waals surface area contributed by atoms with Crippen LogP contribution in [0.2, 0.25) is 13.6 Å². The summed E-state index contributed by atoms with van der Waals surface area (Å²) in [5.74, 6) is 0.337. The van der Waals surface area contributed by atoms with Gasteiger partial charge in [-0.05, 0) is 5.46 Å². The molecule has 0 atom stereocenters. The van der Waals surface area contributed by atoms with Crippen molar-refractivity contribution in [3.05, 3.63) is 12.4 Å². The van der Waals surface area contributed by atoms with Gasteiger partial charge >= 0.3 is 0 Å². The highest BCUT2D eigenvalue weighted by Crippen LogP contribution is 1.86. The quantitative estimate of drug-likeness (QED) is 0.552. The first kappa shape index (κ1) is 7.06. The van der Waals surface area contributed by atoms with Gasteiger partial charge in [-0.1, -0.05) is 13.6 Å². The van der Waals surface area contributed by atoms with Crippen molar-refractivity contribution in [2.75, 3.05) is 5.73 Å². The van der Waals surface area contributed by atoms with Gasteiger partial charge in [0.15, 0.2) is 6.71 Å². The summed E-state index contributed by atoms with van der Waals surface area (Å²) in [6, 6.07) is 0. The van der Waals surface area contributed by atoms with Crippen molar-refractivity contribution >= 4 is 18.1 Å². The van der Waals surface area contributed by atoms with Gasteiger partial charge in [-0.25, -0.2) is 9.97 Å². The number of anilines is 1. The van der Waals surface area contributed by atoms with Gasteiger partial charge in [0.1, 0.15) is 0 Å². The smallest absolute Gasteiger partial charge is 0.219 e. The molecular formula is C6H10BN3. The molecule has 52 valence electrons. The first-order valence-corrected chi connectivity index (χ1v) is 3.27. The lowest BCUT2D eigenvalue weighted by atomic mass is 9.50. The highest BCUT2D eigenvalue weighted by atomic mass is 15.0. The molecule has 0 amide bonds. The topological polar surface area (TPSA) is 51.8 Å². The maximum Gasteiger partial charge on any atom is 0.219 e. The molecule has 3 nitrogen and oxygen atoms in total. The van der Waals surface area contributed by atoms with Gasteiger partial charge in [-0.2, -0.15) is 0 Å². The minimum atomic E-state index is 0.337. The zero-order valence-electron chi connectivity index (χ0n) is 6.20. The van der Waals surface area contributed by atoms with Crippen molar-refractivity contribution in [2.24, 2.45) is 0 Å². The maximum atomic E-state index is 5.30. The largest absolute Gasteiger partial charge is 0.368 e. The Kier molecular flexibility index (Phi) is 1.90. The summed E-state index contributed by atoms with van der Waals surface area (Å²) in [7, 11) is 0. The van der Waals surface area contributed by atoms with Crippen LogP contribution in [0.5, 0.6) is 0 Å². The molecule has 0 bridgehead atoms. The first-order chi connectivity index (χ1) is 4.70. The van der Waals surface area contributed by atoms with E-state index < -0.39 is 0 Å². The van der Waals surface area contributed by atoms with Crippen molar-refractivity contribution in [3.63, 3.8) is 0 Å². The second kappa shape index (κ2) is 2.69. The van der Waals surface area contributed by atoms with E-state index in [0.29, 0.717) is 12.7 Å². The summed E-state index contributed by atoms with van der Waals surface area (Å²) in [4.78, 5) is 7.73. The number of nitrogens with two attached hydrogens (primary N) is 1. The van der Waals surface area contributed by atoms with E-state index in [1.807, 2.05) is 0 Å². The van der Waals surface area contributed by atoms with Crippen molar-refractivity contribution in [3.8, 4) is 0 Å². The molecule has 4 heteroatoms. The Bertz CT molecular complexity index is 207. The van der Waals surface area contributed by atoms with Crippen LogP contribution < -0.4 is 11.2 Å². The summed E-state index contributed by atoms with van der Waals surface area (Å²) in [6.45, 7) is 4.66. The van der Waals surface area contributed by atoms with Gasteiger partial charge in [-0.15, -0.1) is 0 Å². The highest BCUT2D eigenvalue weighted by Gasteiger charge is 2.01. The Labute approximate surface area is 60.8 Å². The second-order valence-corrected chi connectivity index (χ2v) is 2.53. The number of hydrogen-bond donors (Lipinski definition) is 1. The normalized spacial score (nSPS) is 9.40. The van der Waals surface area contributed by atoms with Crippen LogP contribution in [-0.2, 0) is 0 Å². The first-order valence-electron chi connectivity index (χ1n) is 3.27. The van der Waals surface area contributed by atoms with Crippen molar-refractivity contribution in [1.82, 2.24) is 9.97 Å². The predicted molar refractivity (Wildman–Crippen MR) is 43.6 cm³/mol. The lowest BCUT2D eigenvalue weighted by Crippen LogP contribution is -2.23. The van der Waals surface area contributed by atoms with E-state index in [2.05, 4.69) is 23.6 Å². The van der Waals surface area contributed by atoms with Crippen molar-refractivity contribution in [2.45, 2.75) is 13.6 Å². The Balaban J connectivity index is 2.89. The third-order valence-corrected chi connectivity index (χ3v) is 1.36. The molecule has 1 aromatic heterocycles. The summed E-state index contributed by atoms with van der Waals surface area (Å²) in [5, 5.41) is 0. The van der Waals surface area contributed by atoms with Gasteiger partial charge in [0.05, 0.1) is 0 Å². The lowest BCUT2D eigenvalue weighted by Gasteiger charge is -1.98. The van der Waals surface area contributed by atoms with Crippen LogP contribution in [0.3, 0.4) is 0 Å². The fourth-order valence-corrected chi connectivity index (χ4v) is 0.646. The van der Waals surface area contributed by atoms with E-state index in [1.165, 1.54) is 0 Å². The Hall–Kier alpha value is -1.06. The predicted octanol–water partition coefficient (Wildman–Crippen LogP) is 0.0202. The van der Waals surface area contributed by atoms with Crippen molar-refractivity contribution < 1.29 is 0 Å². The van der Waals surface area contributed by atoms with E-state index in [-0.39, 0.29) is 0 Å². The lowest BCUT2D eigenvalue weighted by molar-refractivity contribution is 1.20. The number of hydrogen-bond acceptors (Lipinski definition) is 3. The third kappa shape index (κ3) is 1.46. The molecule has 0 radical (unpaired) electrons. The monoisotopic (exact) mass is 135 g/mol. The molecule has 0 saturated carbocycles. The van der Waals surface area contributed by atoms with E-state index >= 15 is 0 Å². The molecule has 2 N–H and O–H groups in total. The fourth-order valence-electron chi connectivity index (χ4n) is 0.646. The highest BCUT2D eigenvalue weighted by molar-refractivity contribution is 6.70. The molecule has 0 aliphatic rings. The number of rotatable bonds is 1. The summed E-state index contributed by atoms with van der Waals surface area (Å²) >= 11 is 0. The SMILES string of the molecule is CB(C)c1cnc(N)nc1. The molecule has 1 heterocycles. The molecule has 0 saturated heterocycles. The maximum absolute atomic E-state index is 5.30. The molecule has 1 rings (SSSR count). The summed E-state index contributed by atoms with van der Waals surface area (Å²) < 4.78 is 0. The molecule has 0 fully saturated rings. The van der Waals surface area contributed by atoms with Crippen LogP contribution in [-0.4, -0.2) is 16.7 Å². The minimum Gasteiger partial charge on any atom is -0.368 e. The fraction of sp³-hybridized carbons (Fsp3) is 0.333. The Morgan fingerprint density at radius 2 is 1.80 bits per heavy atom. The Morgan fingerprint density at radius 3 is 2.20 bits per heavy atom. The van der Waals surface area contributed by atoms with E-state index in [1.54, 1.807) is 12.4 Å². The molecular weight excluding hydrogens is 125 g/mol. The molecule has 0 aromatic carbocycles. The summed E-state index contributed by atoms with van der Waals surface area (Å²) in [6.07, 6.45) is 3.51. The van der Waals surface area contributed by atoms with E-state index in [4.69, 9.17) is 5.73 Å². The molecule has 0 spiro atoms. The summed E-state index contributed by atoms with van der Waals surface area (Å²) in [5.41, 5.74) is 6.42. The molecule has 1 aromatic rings. The van der Waals surface area contributed by atoms with Gasteiger partial charge in [-0.3, -0.25) is 0 Å². The van der Waals surface area contributed by atoms with Gasteiger partial charge < -0.3 is 5.73 Å². The molecule has 10 heavy (non-hydrogen) atoms. The van der Waals surface area contributed by atoms with Crippen LogP contribution in [0.25, 0.3) is 0 Å². The average molecular weight is 135 g/mol. The van der Waals surface area contributed by atoms with E-state index in [0.717, 1.165) is 5.46 Å². The average Bonchev–Trinajstić information content (AvgIpc) is 1.88. The number of aromatic nitrogens is 2. The number of nitrogen functional groups attached to an aromatic ring is 1. The number of nitrogens with zero attached hydrogens (tertiary/aromatic N) is 2. The minimum absolute atomic E-state index is 0.337. The van der Waals surface area contributed by atoms with Crippen LogP contribution in [0.15, 0.2) is 12.4 Å². The molecule has 0 aliphatic heterocycles. The van der Waals surface area contributed by atoms with Crippen molar-refractivity contribution in [1.29, 1.82) is 0 Å².